The van der Waals surface area contributed by atoms with Crippen molar-refractivity contribution >= 4 is 11.8 Å². The molecule has 1 N–H and O–H groups in total. The summed E-state index contributed by atoms with van der Waals surface area (Å²) in [5.41, 5.74) is 0.239. The van der Waals surface area contributed by atoms with Crippen molar-refractivity contribution in [2.24, 2.45) is 17.8 Å². The summed E-state index contributed by atoms with van der Waals surface area (Å²) in [4.78, 5) is 0. The zero-order chi connectivity index (χ0) is 14.7. The standard InChI is InChI=1S/C18H33NOS/c1-3-19-17(15-6-4-14(2)5-7-15)16-8-10-20-18(12-16)9-11-21-13-18/h14-17,19H,3-13H2,1-2H3. The average Bonchev–Trinajstić information content (AvgIpc) is 2.94. The molecular formula is C18H33NOS. The monoisotopic (exact) mass is 311 g/mol. The second-order valence-corrected chi connectivity index (χ2v) is 8.80. The van der Waals surface area contributed by atoms with Crippen LogP contribution in [0.5, 0.6) is 0 Å². The Kier molecular flexibility index (Phi) is 5.55. The van der Waals surface area contributed by atoms with Crippen molar-refractivity contribution in [2.75, 3.05) is 24.7 Å². The minimum atomic E-state index is 0.239. The summed E-state index contributed by atoms with van der Waals surface area (Å²) in [5.74, 6) is 5.26. The Morgan fingerprint density at radius 3 is 2.67 bits per heavy atom. The van der Waals surface area contributed by atoms with Crippen LogP contribution >= 0.6 is 11.8 Å². The summed E-state index contributed by atoms with van der Waals surface area (Å²) in [6.07, 6.45) is 9.64. The lowest BCUT2D eigenvalue weighted by Gasteiger charge is -2.44. The molecule has 3 aliphatic rings. The number of hydrogen-bond acceptors (Lipinski definition) is 3. The van der Waals surface area contributed by atoms with E-state index in [1.165, 1.54) is 56.5 Å². The SMILES string of the molecule is CCNC(C1CCC(C)CC1)C1CCOC2(CCSC2)C1. The Labute approximate surface area is 135 Å². The molecule has 2 aliphatic heterocycles. The quantitative estimate of drug-likeness (QED) is 0.845. The Balaban J connectivity index is 1.65. The Morgan fingerprint density at radius 1 is 1.19 bits per heavy atom. The first-order chi connectivity index (χ1) is 10.2. The molecule has 2 heterocycles. The highest BCUT2D eigenvalue weighted by atomic mass is 32.2. The van der Waals surface area contributed by atoms with Gasteiger partial charge in [-0.2, -0.15) is 11.8 Å². The second-order valence-electron chi connectivity index (χ2n) is 7.69. The normalized spacial score (nSPS) is 42.3. The summed E-state index contributed by atoms with van der Waals surface area (Å²) >= 11 is 2.10. The van der Waals surface area contributed by atoms with E-state index in [0.29, 0.717) is 0 Å². The highest BCUT2D eigenvalue weighted by Crippen LogP contribution is 2.43. The van der Waals surface area contributed by atoms with Gasteiger partial charge in [0.05, 0.1) is 5.60 Å². The van der Waals surface area contributed by atoms with Crippen LogP contribution in [-0.4, -0.2) is 36.3 Å². The molecule has 1 aliphatic carbocycles. The lowest BCUT2D eigenvalue weighted by atomic mass is 9.71. The summed E-state index contributed by atoms with van der Waals surface area (Å²) in [6, 6.07) is 0.744. The maximum absolute atomic E-state index is 6.24. The van der Waals surface area contributed by atoms with Gasteiger partial charge in [-0.3, -0.25) is 0 Å². The molecule has 0 aromatic rings. The van der Waals surface area contributed by atoms with Gasteiger partial charge in [0.25, 0.3) is 0 Å². The van der Waals surface area contributed by atoms with Crippen LogP contribution in [0.1, 0.15) is 58.8 Å². The van der Waals surface area contributed by atoms with Gasteiger partial charge in [-0.05, 0) is 62.2 Å². The minimum Gasteiger partial charge on any atom is -0.374 e. The molecule has 0 radical (unpaired) electrons. The smallest absolute Gasteiger partial charge is 0.0783 e. The molecule has 1 saturated carbocycles. The number of hydrogen-bond donors (Lipinski definition) is 1. The molecule has 21 heavy (non-hydrogen) atoms. The van der Waals surface area contributed by atoms with Crippen molar-refractivity contribution in [3.8, 4) is 0 Å². The molecular weight excluding hydrogens is 278 g/mol. The van der Waals surface area contributed by atoms with Crippen LogP contribution in [0.25, 0.3) is 0 Å². The second kappa shape index (κ2) is 7.23. The molecule has 0 amide bonds. The van der Waals surface area contributed by atoms with Crippen LogP contribution in [0.3, 0.4) is 0 Å². The van der Waals surface area contributed by atoms with E-state index < -0.39 is 0 Å². The van der Waals surface area contributed by atoms with E-state index >= 15 is 0 Å². The number of rotatable bonds is 4. The Morgan fingerprint density at radius 2 is 2.00 bits per heavy atom. The van der Waals surface area contributed by atoms with Crippen LogP contribution in [0.4, 0.5) is 0 Å². The molecule has 0 aromatic heterocycles. The zero-order valence-corrected chi connectivity index (χ0v) is 14.7. The molecule has 2 saturated heterocycles. The van der Waals surface area contributed by atoms with Crippen LogP contribution in [0.2, 0.25) is 0 Å². The van der Waals surface area contributed by atoms with Gasteiger partial charge in [0.15, 0.2) is 0 Å². The molecule has 122 valence electrons. The van der Waals surface area contributed by atoms with Gasteiger partial charge in [-0.1, -0.05) is 26.7 Å². The fourth-order valence-corrected chi connectivity index (χ4v) is 6.21. The first-order valence-electron chi connectivity index (χ1n) is 9.17. The van der Waals surface area contributed by atoms with Gasteiger partial charge in [0.2, 0.25) is 0 Å². The maximum Gasteiger partial charge on any atom is 0.0783 e. The zero-order valence-electron chi connectivity index (χ0n) is 13.9. The Hall–Kier alpha value is 0.270. The van der Waals surface area contributed by atoms with Crippen molar-refractivity contribution in [3.63, 3.8) is 0 Å². The molecule has 2 nitrogen and oxygen atoms in total. The lowest BCUT2D eigenvalue weighted by molar-refractivity contribution is -0.0895. The van der Waals surface area contributed by atoms with Crippen LogP contribution in [-0.2, 0) is 4.74 Å². The van der Waals surface area contributed by atoms with Crippen LogP contribution < -0.4 is 5.32 Å². The summed E-state index contributed by atoms with van der Waals surface area (Å²) in [7, 11) is 0. The third-order valence-corrected chi connectivity index (χ3v) is 7.34. The fourth-order valence-electron chi connectivity index (χ4n) is 4.83. The molecule has 3 fully saturated rings. The Bertz CT molecular complexity index is 321. The van der Waals surface area contributed by atoms with Crippen molar-refractivity contribution in [2.45, 2.75) is 70.4 Å². The van der Waals surface area contributed by atoms with E-state index in [-0.39, 0.29) is 5.60 Å². The van der Waals surface area contributed by atoms with E-state index in [4.69, 9.17) is 4.74 Å². The lowest BCUT2D eigenvalue weighted by Crippen LogP contribution is -2.50. The summed E-state index contributed by atoms with van der Waals surface area (Å²) in [5, 5.41) is 3.88. The summed E-state index contributed by atoms with van der Waals surface area (Å²) in [6.45, 7) is 6.82. The first kappa shape index (κ1) is 16.1. The maximum atomic E-state index is 6.24. The number of nitrogens with one attached hydrogen (secondary N) is 1. The molecule has 0 aromatic carbocycles. The van der Waals surface area contributed by atoms with Crippen molar-refractivity contribution in [3.05, 3.63) is 0 Å². The predicted molar refractivity (Wildman–Crippen MR) is 91.9 cm³/mol. The van der Waals surface area contributed by atoms with E-state index in [2.05, 4.69) is 30.9 Å². The first-order valence-corrected chi connectivity index (χ1v) is 10.3. The van der Waals surface area contributed by atoms with Crippen LogP contribution in [0, 0.1) is 17.8 Å². The highest BCUT2D eigenvalue weighted by molar-refractivity contribution is 7.99. The van der Waals surface area contributed by atoms with E-state index in [1.54, 1.807) is 0 Å². The highest BCUT2D eigenvalue weighted by Gasteiger charge is 2.43. The van der Waals surface area contributed by atoms with Crippen molar-refractivity contribution < 1.29 is 4.74 Å². The van der Waals surface area contributed by atoms with E-state index in [1.807, 2.05) is 0 Å². The minimum absolute atomic E-state index is 0.239. The third kappa shape index (κ3) is 3.79. The van der Waals surface area contributed by atoms with Crippen LogP contribution in [0.15, 0.2) is 0 Å². The van der Waals surface area contributed by atoms with Gasteiger partial charge in [0.1, 0.15) is 0 Å². The molecule has 0 bridgehead atoms. The molecule has 3 heteroatoms. The number of ether oxygens (including phenoxy) is 1. The largest absolute Gasteiger partial charge is 0.374 e. The van der Waals surface area contributed by atoms with Crippen molar-refractivity contribution in [1.82, 2.24) is 5.32 Å². The fraction of sp³-hybridized carbons (Fsp3) is 1.00. The van der Waals surface area contributed by atoms with E-state index in [0.717, 1.165) is 36.9 Å². The van der Waals surface area contributed by atoms with Gasteiger partial charge >= 0.3 is 0 Å². The van der Waals surface area contributed by atoms with Gasteiger partial charge in [0, 0.05) is 18.4 Å². The predicted octanol–water partition coefficient (Wildman–Crippen LogP) is 4.09. The van der Waals surface area contributed by atoms with Gasteiger partial charge in [-0.15, -0.1) is 0 Å². The number of thioether (sulfide) groups is 1. The summed E-state index contributed by atoms with van der Waals surface area (Å²) < 4.78 is 6.24. The van der Waals surface area contributed by atoms with Gasteiger partial charge in [-0.25, -0.2) is 0 Å². The van der Waals surface area contributed by atoms with E-state index in [9.17, 15) is 0 Å². The molecule has 3 unspecified atom stereocenters. The van der Waals surface area contributed by atoms with Crippen molar-refractivity contribution in [1.29, 1.82) is 0 Å². The average molecular weight is 312 g/mol. The molecule has 3 atom stereocenters. The third-order valence-electron chi connectivity index (χ3n) is 6.11. The topological polar surface area (TPSA) is 21.3 Å². The molecule has 3 rings (SSSR count). The molecule has 1 spiro atoms. The van der Waals surface area contributed by atoms with Gasteiger partial charge < -0.3 is 10.1 Å².